The first-order valence-electron chi connectivity index (χ1n) is 7.50. The lowest BCUT2D eigenvalue weighted by Crippen LogP contribution is -2.47. The highest BCUT2D eigenvalue weighted by Gasteiger charge is 2.21. The second-order valence-corrected chi connectivity index (χ2v) is 5.69. The Bertz CT molecular complexity index is 817. The average Bonchev–Trinajstić information content (AvgIpc) is 2.62. The number of halogens is 1. The fraction of sp³-hybridized carbons (Fsp3) is 0.250. The van der Waals surface area contributed by atoms with Crippen molar-refractivity contribution >= 4 is 34.3 Å². The summed E-state index contributed by atoms with van der Waals surface area (Å²) >= 11 is 6.04. The first kappa shape index (κ1) is 14.1. The molecule has 4 rings (SSSR count). The van der Waals surface area contributed by atoms with Gasteiger partial charge in [-0.3, -0.25) is 0 Å². The van der Waals surface area contributed by atoms with Gasteiger partial charge in [0.1, 0.15) is 0 Å². The van der Waals surface area contributed by atoms with Gasteiger partial charge in [-0.25, -0.2) is 9.97 Å². The molecule has 0 bridgehead atoms. The van der Waals surface area contributed by atoms with Gasteiger partial charge >= 0.3 is 0 Å². The lowest BCUT2D eigenvalue weighted by Gasteiger charge is -2.36. The highest BCUT2D eigenvalue weighted by atomic mass is 35.5. The number of anilines is 2. The topological polar surface area (TPSA) is 58.0 Å². The Morgan fingerprint density at radius 3 is 2.30 bits per heavy atom. The summed E-state index contributed by atoms with van der Waals surface area (Å²) in [4.78, 5) is 21.7. The predicted octanol–water partition coefficient (Wildman–Crippen LogP) is 2.40. The Morgan fingerprint density at radius 2 is 1.52 bits per heavy atom. The van der Waals surface area contributed by atoms with Crippen molar-refractivity contribution in [2.75, 3.05) is 36.0 Å². The van der Waals surface area contributed by atoms with Gasteiger partial charge in [0.25, 0.3) is 0 Å². The van der Waals surface area contributed by atoms with Gasteiger partial charge in [0.15, 0.2) is 17.0 Å². The average molecular weight is 327 g/mol. The van der Waals surface area contributed by atoms with E-state index in [9.17, 15) is 0 Å². The minimum absolute atomic E-state index is 0.207. The molecule has 2 aromatic heterocycles. The van der Waals surface area contributed by atoms with E-state index in [-0.39, 0.29) is 5.28 Å². The second-order valence-electron chi connectivity index (χ2n) is 5.35. The van der Waals surface area contributed by atoms with E-state index in [1.54, 1.807) is 12.4 Å². The molecule has 3 aromatic rings. The Labute approximate surface area is 138 Å². The number of hydrogen-bond donors (Lipinski definition) is 0. The maximum absolute atomic E-state index is 6.04. The molecule has 0 N–H and O–H groups in total. The van der Waals surface area contributed by atoms with Crippen LogP contribution in [0.3, 0.4) is 0 Å². The molecule has 0 spiro atoms. The van der Waals surface area contributed by atoms with Crippen molar-refractivity contribution < 1.29 is 0 Å². The van der Waals surface area contributed by atoms with Crippen LogP contribution in [-0.4, -0.2) is 46.1 Å². The molecule has 1 aliphatic rings. The second kappa shape index (κ2) is 5.96. The number of para-hydroxylation sites is 1. The van der Waals surface area contributed by atoms with Crippen molar-refractivity contribution in [3.8, 4) is 0 Å². The molecule has 0 atom stereocenters. The monoisotopic (exact) mass is 326 g/mol. The number of aromatic nitrogens is 4. The third kappa shape index (κ3) is 2.77. The van der Waals surface area contributed by atoms with E-state index in [4.69, 9.17) is 11.6 Å². The molecule has 3 heterocycles. The molecule has 1 aliphatic heterocycles. The van der Waals surface area contributed by atoms with Crippen molar-refractivity contribution in [1.82, 2.24) is 19.9 Å². The van der Waals surface area contributed by atoms with Crippen LogP contribution >= 0.6 is 11.6 Å². The van der Waals surface area contributed by atoms with Gasteiger partial charge in [0.2, 0.25) is 5.28 Å². The van der Waals surface area contributed by atoms with Crippen LogP contribution in [0.15, 0.2) is 42.7 Å². The number of rotatable bonds is 2. The van der Waals surface area contributed by atoms with Crippen molar-refractivity contribution in [1.29, 1.82) is 0 Å². The summed E-state index contributed by atoms with van der Waals surface area (Å²) in [7, 11) is 0. The maximum atomic E-state index is 6.04. The largest absolute Gasteiger partial charge is 0.368 e. The highest BCUT2D eigenvalue weighted by molar-refractivity contribution is 6.28. The minimum atomic E-state index is 0.207. The van der Waals surface area contributed by atoms with Crippen LogP contribution in [-0.2, 0) is 0 Å². The molecule has 23 heavy (non-hydrogen) atoms. The number of nitrogens with zero attached hydrogens (tertiary/aromatic N) is 6. The Kier molecular flexibility index (Phi) is 3.67. The van der Waals surface area contributed by atoms with Gasteiger partial charge in [-0.2, -0.15) is 9.97 Å². The summed E-state index contributed by atoms with van der Waals surface area (Å²) in [6.45, 7) is 3.56. The van der Waals surface area contributed by atoms with Crippen LogP contribution in [0.2, 0.25) is 5.28 Å². The predicted molar refractivity (Wildman–Crippen MR) is 91.0 cm³/mol. The molecule has 7 heteroatoms. The normalized spacial score (nSPS) is 15.2. The van der Waals surface area contributed by atoms with E-state index in [2.05, 4.69) is 54.0 Å². The van der Waals surface area contributed by atoms with Crippen LogP contribution in [0.4, 0.5) is 11.5 Å². The van der Waals surface area contributed by atoms with Crippen molar-refractivity contribution in [3.63, 3.8) is 0 Å². The van der Waals surface area contributed by atoms with Crippen LogP contribution < -0.4 is 9.80 Å². The van der Waals surface area contributed by atoms with E-state index in [1.165, 1.54) is 5.69 Å². The zero-order chi connectivity index (χ0) is 15.6. The highest BCUT2D eigenvalue weighted by Crippen LogP contribution is 2.24. The summed E-state index contributed by atoms with van der Waals surface area (Å²) in [6, 6.07) is 10.4. The number of piperazine rings is 1. The molecule has 116 valence electrons. The molecule has 1 fully saturated rings. The van der Waals surface area contributed by atoms with E-state index in [0.717, 1.165) is 32.0 Å². The van der Waals surface area contributed by atoms with Gasteiger partial charge < -0.3 is 9.80 Å². The van der Waals surface area contributed by atoms with Gasteiger partial charge in [0, 0.05) is 44.3 Å². The zero-order valence-corrected chi connectivity index (χ0v) is 13.2. The minimum Gasteiger partial charge on any atom is -0.368 e. The third-order valence-corrected chi connectivity index (χ3v) is 4.16. The lowest BCUT2D eigenvalue weighted by molar-refractivity contribution is 0.648. The smallest absolute Gasteiger partial charge is 0.226 e. The van der Waals surface area contributed by atoms with Gasteiger partial charge in [-0.05, 0) is 23.7 Å². The Morgan fingerprint density at radius 1 is 0.826 bits per heavy atom. The Hall–Kier alpha value is -2.47. The first-order chi connectivity index (χ1) is 11.3. The summed E-state index contributed by atoms with van der Waals surface area (Å²) in [6.07, 6.45) is 3.27. The van der Waals surface area contributed by atoms with Crippen molar-refractivity contribution in [2.24, 2.45) is 0 Å². The molecular weight excluding hydrogens is 312 g/mol. The number of hydrogen-bond acceptors (Lipinski definition) is 6. The van der Waals surface area contributed by atoms with Crippen LogP contribution in [0.25, 0.3) is 11.2 Å². The van der Waals surface area contributed by atoms with Gasteiger partial charge in [-0.15, -0.1) is 0 Å². The summed E-state index contributed by atoms with van der Waals surface area (Å²) < 4.78 is 0. The van der Waals surface area contributed by atoms with E-state index >= 15 is 0 Å². The van der Waals surface area contributed by atoms with Crippen LogP contribution in [0, 0.1) is 0 Å². The fourth-order valence-electron chi connectivity index (χ4n) is 2.86. The first-order valence-corrected chi connectivity index (χ1v) is 7.88. The number of benzene rings is 1. The summed E-state index contributed by atoms with van der Waals surface area (Å²) in [5, 5.41) is 0.207. The standard InChI is InChI=1S/C16H15ClN6/c17-16-20-14-13(18-6-7-19-14)15(21-16)23-10-8-22(9-11-23)12-4-2-1-3-5-12/h1-7H,8-11H2. The maximum Gasteiger partial charge on any atom is 0.226 e. The van der Waals surface area contributed by atoms with E-state index < -0.39 is 0 Å². The summed E-state index contributed by atoms with van der Waals surface area (Å²) in [5.41, 5.74) is 2.48. The van der Waals surface area contributed by atoms with Crippen molar-refractivity contribution in [3.05, 3.63) is 48.0 Å². The Balaban J connectivity index is 1.59. The molecule has 0 radical (unpaired) electrons. The zero-order valence-electron chi connectivity index (χ0n) is 12.4. The van der Waals surface area contributed by atoms with Crippen LogP contribution in [0.1, 0.15) is 0 Å². The van der Waals surface area contributed by atoms with Crippen molar-refractivity contribution in [2.45, 2.75) is 0 Å². The summed E-state index contributed by atoms with van der Waals surface area (Å²) in [5.74, 6) is 0.765. The molecule has 0 aliphatic carbocycles. The quantitative estimate of drug-likeness (QED) is 0.674. The fourth-order valence-corrected chi connectivity index (χ4v) is 3.02. The molecule has 1 aromatic carbocycles. The van der Waals surface area contributed by atoms with E-state index in [1.807, 2.05) is 6.07 Å². The molecule has 0 saturated carbocycles. The third-order valence-electron chi connectivity index (χ3n) is 3.99. The SMILES string of the molecule is Clc1nc(N2CCN(c3ccccc3)CC2)c2nccnc2n1. The van der Waals surface area contributed by atoms with Crippen LogP contribution in [0.5, 0.6) is 0 Å². The molecule has 6 nitrogen and oxygen atoms in total. The van der Waals surface area contributed by atoms with Gasteiger partial charge in [-0.1, -0.05) is 18.2 Å². The van der Waals surface area contributed by atoms with E-state index in [0.29, 0.717) is 11.2 Å². The van der Waals surface area contributed by atoms with Gasteiger partial charge in [0.05, 0.1) is 0 Å². The lowest BCUT2D eigenvalue weighted by atomic mass is 10.2. The number of fused-ring (bicyclic) bond motifs is 1. The molecule has 0 amide bonds. The molecular formula is C16H15ClN6. The molecule has 1 saturated heterocycles. The molecule has 0 unspecified atom stereocenters.